The van der Waals surface area contributed by atoms with Gasteiger partial charge in [-0.2, -0.15) is 0 Å². The van der Waals surface area contributed by atoms with E-state index in [1.807, 2.05) is 48.5 Å². The molecule has 0 bridgehead atoms. The summed E-state index contributed by atoms with van der Waals surface area (Å²) in [5, 5.41) is 2.97. The highest BCUT2D eigenvalue weighted by molar-refractivity contribution is 6.03. The molecule has 0 spiro atoms. The molecule has 3 rings (SSSR count). The largest absolute Gasteiger partial charge is 0.497 e. The Morgan fingerprint density at radius 1 is 1.16 bits per heavy atom. The van der Waals surface area contributed by atoms with Crippen molar-refractivity contribution < 1.29 is 14.3 Å². The van der Waals surface area contributed by atoms with E-state index in [1.54, 1.807) is 13.2 Å². The van der Waals surface area contributed by atoms with Crippen molar-refractivity contribution in [2.24, 2.45) is 0 Å². The van der Waals surface area contributed by atoms with E-state index in [0.717, 1.165) is 35.8 Å². The number of para-hydroxylation sites is 2. The lowest BCUT2D eigenvalue weighted by Gasteiger charge is -2.30. The van der Waals surface area contributed by atoms with Crippen LogP contribution in [0.1, 0.15) is 5.56 Å². The van der Waals surface area contributed by atoms with Crippen LogP contribution in [-0.4, -0.2) is 39.3 Å². The van der Waals surface area contributed by atoms with Gasteiger partial charge in [0.05, 0.1) is 31.7 Å². The molecule has 0 saturated carbocycles. The van der Waals surface area contributed by atoms with E-state index in [4.69, 9.17) is 9.47 Å². The standard InChI is InChI=1S/C20H22N2O3/c1-24-17-6-4-5-16(15-17)9-10-20(23)21-18-7-2-3-8-19(18)22-11-13-25-14-12-22/h2-10,15H,11-14H2,1H3,(H,21,23). The van der Waals surface area contributed by atoms with E-state index >= 15 is 0 Å². The van der Waals surface area contributed by atoms with Gasteiger partial charge in [-0.3, -0.25) is 4.79 Å². The second-order valence-corrected chi connectivity index (χ2v) is 5.72. The third kappa shape index (κ3) is 4.61. The number of amides is 1. The van der Waals surface area contributed by atoms with Crippen molar-refractivity contribution in [3.63, 3.8) is 0 Å². The van der Waals surface area contributed by atoms with Gasteiger partial charge in [0.15, 0.2) is 0 Å². The molecule has 130 valence electrons. The zero-order valence-corrected chi connectivity index (χ0v) is 14.3. The lowest BCUT2D eigenvalue weighted by molar-refractivity contribution is -0.111. The minimum atomic E-state index is -0.163. The Labute approximate surface area is 147 Å². The summed E-state index contributed by atoms with van der Waals surface area (Å²) in [6.07, 6.45) is 3.31. The molecule has 5 heteroatoms. The molecule has 0 aromatic heterocycles. The Hall–Kier alpha value is -2.79. The van der Waals surface area contributed by atoms with Gasteiger partial charge < -0.3 is 19.7 Å². The summed E-state index contributed by atoms with van der Waals surface area (Å²) in [5.41, 5.74) is 2.74. The average Bonchev–Trinajstić information content (AvgIpc) is 2.68. The van der Waals surface area contributed by atoms with Gasteiger partial charge in [-0.1, -0.05) is 24.3 Å². The van der Waals surface area contributed by atoms with Crippen molar-refractivity contribution in [2.75, 3.05) is 43.6 Å². The van der Waals surface area contributed by atoms with Gasteiger partial charge in [-0.25, -0.2) is 0 Å². The maximum absolute atomic E-state index is 12.3. The van der Waals surface area contributed by atoms with E-state index in [-0.39, 0.29) is 5.91 Å². The van der Waals surface area contributed by atoms with Gasteiger partial charge in [0, 0.05) is 19.2 Å². The second kappa shape index (κ2) is 8.35. The highest BCUT2D eigenvalue weighted by atomic mass is 16.5. The summed E-state index contributed by atoms with van der Waals surface area (Å²) in [5.74, 6) is 0.601. The molecular formula is C20H22N2O3. The number of rotatable bonds is 5. The molecule has 2 aromatic rings. The summed E-state index contributed by atoms with van der Waals surface area (Å²) in [4.78, 5) is 14.5. The van der Waals surface area contributed by atoms with E-state index in [9.17, 15) is 4.79 Å². The lowest BCUT2D eigenvalue weighted by atomic mass is 10.2. The fourth-order valence-electron chi connectivity index (χ4n) is 2.75. The van der Waals surface area contributed by atoms with Gasteiger partial charge in [0.25, 0.3) is 0 Å². The van der Waals surface area contributed by atoms with E-state index in [0.29, 0.717) is 13.2 Å². The molecule has 25 heavy (non-hydrogen) atoms. The Balaban J connectivity index is 1.69. The number of hydrogen-bond acceptors (Lipinski definition) is 4. The Bertz CT molecular complexity index is 752. The van der Waals surface area contributed by atoms with Crippen LogP contribution in [0.3, 0.4) is 0 Å². The predicted octanol–water partition coefficient (Wildman–Crippen LogP) is 3.18. The van der Waals surface area contributed by atoms with Crippen LogP contribution >= 0.6 is 0 Å². The van der Waals surface area contributed by atoms with Gasteiger partial charge in [0.1, 0.15) is 5.75 Å². The van der Waals surface area contributed by atoms with Crippen molar-refractivity contribution in [2.45, 2.75) is 0 Å². The van der Waals surface area contributed by atoms with Gasteiger partial charge in [-0.05, 0) is 35.9 Å². The predicted molar refractivity (Wildman–Crippen MR) is 100 cm³/mol. The monoisotopic (exact) mass is 338 g/mol. The normalized spacial score (nSPS) is 14.5. The van der Waals surface area contributed by atoms with Crippen LogP contribution in [-0.2, 0) is 9.53 Å². The zero-order chi connectivity index (χ0) is 17.5. The highest BCUT2D eigenvalue weighted by Gasteiger charge is 2.15. The van der Waals surface area contributed by atoms with E-state index < -0.39 is 0 Å². The number of nitrogens with one attached hydrogen (secondary N) is 1. The molecule has 2 aromatic carbocycles. The molecule has 0 atom stereocenters. The first-order chi connectivity index (χ1) is 12.3. The van der Waals surface area contributed by atoms with Gasteiger partial charge >= 0.3 is 0 Å². The topological polar surface area (TPSA) is 50.8 Å². The molecule has 1 fully saturated rings. The maximum atomic E-state index is 12.3. The number of hydrogen-bond donors (Lipinski definition) is 1. The fraction of sp³-hybridized carbons (Fsp3) is 0.250. The second-order valence-electron chi connectivity index (χ2n) is 5.72. The lowest BCUT2D eigenvalue weighted by Crippen LogP contribution is -2.36. The van der Waals surface area contributed by atoms with Crippen LogP contribution < -0.4 is 15.0 Å². The molecule has 1 N–H and O–H groups in total. The number of benzene rings is 2. The van der Waals surface area contributed by atoms with Crippen LogP contribution in [0.15, 0.2) is 54.6 Å². The molecule has 1 aliphatic rings. The highest BCUT2D eigenvalue weighted by Crippen LogP contribution is 2.26. The van der Waals surface area contributed by atoms with Gasteiger partial charge in [0.2, 0.25) is 5.91 Å². The third-order valence-corrected chi connectivity index (χ3v) is 4.03. The summed E-state index contributed by atoms with van der Waals surface area (Å²) in [6.45, 7) is 3.06. The molecule has 0 unspecified atom stereocenters. The van der Waals surface area contributed by atoms with Crippen LogP contribution in [0.2, 0.25) is 0 Å². The number of carbonyl (C=O) groups is 1. The first-order valence-corrected chi connectivity index (χ1v) is 8.31. The number of ether oxygens (including phenoxy) is 2. The SMILES string of the molecule is COc1cccc(C=CC(=O)Nc2ccccc2N2CCOCC2)c1. The van der Waals surface area contributed by atoms with Crippen molar-refractivity contribution in [1.82, 2.24) is 0 Å². The smallest absolute Gasteiger partial charge is 0.248 e. The molecule has 0 aliphatic carbocycles. The van der Waals surface area contributed by atoms with Crippen molar-refractivity contribution in [3.05, 3.63) is 60.2 Å². The quantitative estimate of drug-likeness (QED) is 0.851. The fourth-order valence-corrected chi connectivity index (χ4v) is 2.75. The van der Waals surface area contributed by atoms with E-state index in [1.165, 1.54) is 6.08 Å². The molecule has 0 radical (unpaired) electrons. The van der Waals surface area contributed by atoms with Crippen LogP contribution in [0.4, 0.5) is 11.4 Å². The Morgan fingerprint density at radius 2 is 1.96 bits per heavy atom. The molecule has 1 saturated heterocycles. The maximum Gasteiger partial charge on any atom is 0.248 e. The van der Waals surface area contributed by atoms with Crippen LogP contribution in [0, 0.1) is 0 Å². The molecular weight excluding hydrogens is 316 g/mol. The first kappa shape index (κ1) is 17.0. The Kier molecular flexibility index (Phi) is 5.69. The molecule has 1 heterocycles. The number of methoxy groups -OCH3 is 1. The number of nitrogens with zero attached hydrogens (tertiary/aromatic N) is 1. The van der Waals surface area contributed by atoms with Gasteiger partial charge in [-0.15, -0.1) is 0 Å². The summed E-state index contributed by atoms with van der Waals surface area (Å²) < 4.78 is 10.6. The van der Waals surface area contributed by atoms with Crippen LogP contribution in [0.25, 0.3) is 6.08 Å². The van der Waals surface area contributed by atoms with E-state index in [2.05, 4.69) is 10.2 Å². The molecule has 5 nitrogen and oxygen atoms in total. The van der Waals surface area contributed by atoms with Crippen molar-refractivity contribution in [3.8, 4) is 5.75 Å². The third-order valence-electron chi connectivity index (χ3n) is 4.03. The molecule has 1 amide bonds. The summed E-state index contributed by atoms with van der Waals surface area (Å²) in [6, 6.07) is 15.4. The summed E-state index contributed by atoms with van der Waals surface area (Å²) >= 11 is 0. The number of carbonyl (C=O) groups excluding carboxylic acids is 1. The van der Waals surface area contributed by atoms with Crippen LogP contribution in [0.5, 0.6) is 5.75 Å². The van der Waals surface area contributed by atoms with Crippen molar-refractivity contribution >= 4 is 23.4 Å². The minimum Gasteiger partial charge on any atom is -0.497 e. The van der Waals surface area contributed by atoms with Crippen molar-refractivity contribution in [1.29, 1.82) is 0 Å². The first-order valence-electron chi connectivity index (χ1n) is 8.31. The summed E-state index contributed by atoms with van der Waals surface area (Å²) in [7, 11) is 1.62. The number of morpholine rings is 1. The Morgan fingerprint density at radius 3 is 2.76 bits per heavy atom. The minimum absolute atomic E-state index is 0.163. The average molecular weight is 338 g/mol. The number of anilines is 2. The zero-order valence-electron chi connectivity index (χ0n) is 14.3. The molecule has 1 aliphatic heterocycles.